The van der Waals surface area contributed by atoms with Crippen molar-refractivity contribution in [3.05, 3.63) is 64.3 Å². The number of benzene rings is 2. The Morgan fingerprint density at radius 3 is 2.67 bits per heavy atom. The molecule has 1 heterocycles. The third kappa shape index (κ3) is 2.97. The summed E-state index contributed by atoms with van der Waals surface area (Å²) in [6.07, 6.45) is -2.99. The van der Waals surface area contributed by atoms with E-state index in [0.717, 1.165) is 34.7 Å². The fourth-order valence-corrected chi connectivity index (χ4v) is 2.70. The molecule has 3 rings (SSSR count). The van der Waals surface area contributed by atoms with Gasteiger partial charge in [-0.05, 0) is 36.8 Å². The Balaban J connectivity index is 1.98. The van der Waals surface area contributed by atoms with Gasteiger partial charge in [-0.15, -0.1) is 0 Å². The number of fused-ring (bicyclic) bond motifs is 1. The molecule has 2 aromatic carbocycles. The Bertz CT molecular complexity index is 931. The molecule has 7 heteroatoms. The average Bonchev–Trinajstić information content (AvgIpc) is 2.94. The first-order valence-corrected chi connectivity index (χ1v) is 7.40. The monoisotopic (exact) mass is 352 g/mol. The van der Waals surface area contributed by atoms with Crippen LogP contribution in [0.4, 0.5) is 18.9 Å². The van der Waals surface area contributed by atoms with Crippen LogP contribution < -0.4 is 5.32 Å². The summed E-state index contributed by atoms with van der Waals surface area (Å²) in [4.78, 5) is 15.5. The number of hydrogen-bond donors (Lipinski definition) is 2. The third-order valence-electron chi connectivity index (χ3n) is 3.70. The molecule has 0 saturated heterocycles. The fourth-order valence-electron chi connectivity index (χ4n) is 2.53. The zero-order valence-electron chi connectivity index (χ0n) is 12.5. The van der Waals surface area contributed by atoms with E-state index in [9.17, 15) is 18.0 Å². The molecule has 2 N–H and O–H groups in total. The molecule has 3 nitrogen and oxygen atoms in total. The maximum Gasteiger partial charge on any atom is 0.416 e. The molecule has 0 fully saturated rings. The van der Waals surface area contributed by atoms with Gasteiger partial charge < -0.3 is 10.3 Å². The highest BCUT2D eigenvalue weighted by atomic mass is 35.5. The highest BCUT2D eigenvalue weighted by molar-refractivity contribution is 6.34. The largest absolute Gasteiger partial charge is 0.416 e. The number of alkyl halides is 3. The van der Waals surface area contributed by atoms with Crippen molar-refractivity contribution in [2.75, 3.05) is 5.32 Å². The summed E-state index contributed by atoms with van der Waals surface area (Å²) in [5.41, 5.74) is 1.04. The maximum atomic E-state index is 12.8. The van der Waals surface area contributed by atoms with Crippen LogP contribution in [0.2, 0.25) is 5.02 Å². The van der Waals surface area contributed by atoms with Gasteiger partial charge in [-0.3, -0.25) is 4.79 Å². The Hall–Kier alpha value is -2.47. The number of nitrogens with one attached hydrogen (secondary N) is 2. The molecule has 0 radical (unpaired) electrons. The van der Waals surface area contributed by atoms with Crippen molar-refractivity contribution in [3.8, 4) is 0 Å². The van der Waals surface area contributed by atoms with E-state index in [4.69, 9.17) is 11.6 Å². The molecule has 3 aromatic rings. The van der Waals surface area contributed by atoms with Crippen molar-refractivity contribution in [1.29, 1.82) is 0 Å². The van der Waals surface area contributed by atoms with Crippen molar-refractivity contribution in [1.82, 2.24) is 4.98 Å². The second kappa shape index (κ2) is 5.87. The molecule has 0 aliphatic rings. The average molecular weight is 353 g/mol. The van der Waals surface area contributed by atoms with E-state index in [1.54, 1.807) is 0 Å². The topological polar surface area (TPSA) is 44.9 Å². The smallest absolute Gasteiger partial charge is 0.360 e. The van der Waals surface area contributed by atoms with Crippen LogP contribution in [0.25, 0.3) is 10.9 Å². The van der Waals surface area contributed by atoms with Gasteiger partial charge in [0.1, 0.15) is 0 Å². The number of amides is 1. The lowest BCUT2D eigenvalue weighted by Gasteiger charge is -2.11. The van der Waals surface area contributed by atoms with Gasteiger partial charge in [-0.1, -0.05) is 23.7 Å². The van der Waals surface area contributed by atoms with Gasteiger partial charge in [0.15, 0.2) is 0 Å². The van der Waals surface area contributed by atoms with Crippen molar-refractivity contribution in [2.24, 2.45) is 0 Å². The Morgan fingerprint density at radius 1 is 1.21 bits per heavy atom. The predicted molar refractivity (Wildman–Crippen MR) is 87.4 cm³/mol. The number of aromatic nitrogens is 1. The molecule has 0 aliphatic carbocycles. The number of anilines is 1. The van der Waals surface area contributed by atoms with Crippen LogP contribution in [0.5, 0.6) is 0 Å². The summed E-state index contributed by atoms with van der Waals surface area (Å²) in [7, 11) is 0. The number of carbonyl (C=O) groups is 1. The van der Waals surface area contributed by atoms with E-state index < -0.39 is 17.6 Å². The number of rotatable bonds is 2. The standard InChI is InChI=1S/C17H12ClF3N2O/c1-9-3-2-4-13-15(9)11(8-22-13)16(24)23-14-7-10(17(19,20)21)5-6-12(14)18/h2-8,22H,1H3,(H,23,24). The number of halogens is 4. The van der Waals surface area contributed by atoms with Crippen LogP contribution >= 0.6 is 11.6 Å². The number of hydrogen-bond acceptors (Lipinski definition) is 1. The second-order valence-electron chi connectivity index (χ2n) is 5.35. The molecule has 0 atom stereocenters. The summed E-state index contributed by atoms with van der Waals surface area (Å²) in [5, 5.41) is 3.21. The molecule has 1 amide bonds. The van der Waals surface area contributed by atoms with Gasteiger partial charge in [-0.25, -0.2) is 0 Å². The zero-order chi connectivity index (χ0) is 17.5. The van der Waals surface area contributed by atoms with Gasteiger partial charge in [0.05, 0.1) is 21.8 Å². The summed E-state index contributed by atoms with van der Waals surface area (Å²) in [5.74, 6) is -0.531. The van der Waals surface area contributed by atoms with Gasteiger partial charge in [-0.2, -0.15) is 13.2 Å². The van der Waals surface area contributed by atoms with E-state index in [1.165, 1.54) is 6.20 Å². The van der Waals surface area contributed by atoms with Gasteiger partial charge in [0.2, 0.25) is 0 Å². The number of aryl methyl sites for hydroxylation is 1. The number of H-pyrrole nitrogens is 1. The molecular weight excluding hydrogens is 341 g/mol. The summed E-state index contributed by atoms with van der Waals surface area (Å²) in [6, 6.07) is 8.32. The van der Waals surface area contributed by atoms with Crippen molar-refractivity contribution in [3.63, 3.8) is 0 Å². The number of carbonyl (C=O) groups excluding carboxylic acids is 1. The molecule has 0 spiro atoms. The first-order chi connectivity index (χ1) is 11.3. The minimum atomic E-state index is -4.51. The van der Waals surface area contributed by atoms with Gasteiger partial charge in [0.25, 0.3) is 5.91 Å². The van der Waals surface area contributed by atoms with Crippen LogP contribution in [-0.2, 0) is 6.18 Å². The Kier molecular flexibility index (Phi) is 4.01. The molecule has 124 valence electrons. The normalized spacial score (nSPS) is 11.7. The van der Waals surface area contributed by atoms with Gasteiger partial charge >= 0.3 is 6.18 Å². The van der Waals surface area contributed by atoms with E-state index in [0.29, 0.717) is 5.56 Å². The molecule has 0 aliphatic heterocycles. The van der Waals surface area contributed by atoms with E-state index >= 15 is 0 Å². The van der Waals surface area contributed by atoms with Crippen LogP contribution in [0.3, 0.4) is 0 Å². The van der Waals surface area contributed by atoms with Crippen molar-refractivity contribution in [2.45, 2.75) is 13.1 Å². The SMILES string of the molecule is Cc1cccc2[nH]cc(C(=O)Nc3cc(C(F)(F)F)ccc3Cl)c12. The van der Waals surface area contributed by atoms with Crippen LogP contribution in [-0.4, -0.2) is 10.9 Å². The quantitative estimate of drug-likeness (QED) is 0.637. The predicted octanol–water partition coefficient (Wildman–Crippen LogP) is 5.40. The highest BCUT2D eigenvalue weighted by Gasteiger charge is 2.31. The maximum absolute atomic E-state index is 12.8. The zero-order valence-corrected chi connectivity index (χ0v) is 13.2. The fraction of sp³-hybridized carbons (Fsp3) is 0.118. The van der Waals surface area contributed by atoms with Crippen LogP contribution in [0.15, 0.2) is 42.6 Å². The highest BCUT2D eigenvalue weighted by Crippen LogP contribution is 2.34. The lowest BCUT2D eigenvalue weighted by atomic mass is 10.1. The van der Waals surface area contributed by atoms with Crippen LogP contribution in [0.1, 0.15) is 21.5 Å². The first-order valence-electron chi connectivity index (χ1n) is 7.02. The van der Waals surface area contributed by atoms with E-state index in [1.807, 2.05) is 25.1 Å². The summed E-state index contributed by atoms with van der Waals surface area (Å²) >= 11 is 5.91. The molecule has 0 bridgehead atoms. The number of aromatic amines is 1. The molecular formula is C17H12ClF3N2O. The first kappa shape index (κ1) is 16.4. The lowest BCUT2D eigenvalue weighted by Crippen LogP contribution is -2.13. The molecule has 24 heavy (non-hydrogen) atoms. The van der Waals surface area contributed by atoms with E-state index in [2.05, 4.69) is 10.3 Å². The van der Waals surface area contributed by atoms with Crippen molar-refractivity contribution >= 4 is 34.1 Å². The minimum Gasteiger partial charge on any atom is -0.360 e. The molecule has 0 saturated carbocycles. The van der Waals surface area contributed by atoms with Crippen molar-refractivity contribution < 1.29 is 18.0 Å². The van der Waals surface area contributed by atoms with Gasteiger partial charge in [0, 0.05) is 17.1 Å². The Morgan fingerprint density at radius 2 is 1.96 bits per heavy atom. The molecule has 1 aromatic heterocycles. The summed E-state index contributed by atoms with van der Waals surface area (Å²) in [6.45, 7) is 1.85. The minimum absolute atomic E-state index is 0.0351. The third-order valence-corrected chi connectivity index (χ3v) is 4.03. The summed E-state index contributed by atoms with van der Waals surface area (Å²) < 4.78 is 38.4. The lowest BCUT2D eigenvalue weighted by molar-refractivity contribution is -0.137. The molecule has 0 unspecified atom stereocenters. The second-order valence-corrected chi connectivity index (χ2v) is 5.75. The van der Waals surface area contributed by atoms with E-state index in [-0.39, 0.29) is 10.7 Å². The van der Waals surface area contributed by atoms with Crippen LogP contribution in [0, 0.1) is 6.92 Å². The Labute approximate surface area is 140 Å².